The largest absolute Gasteiger partial charge is 0.200 e. The molecule has 0 amide bonds. The molecule has 0 bridgehead atoms. The van der Waals surface area contributed by atoms with Crippen LogP contribution in [0.15, 0.2) is 0 Å². The standard InChI is InChI=1S/2C16H33.Al.H2/c2*1-4-6-8-10-11-13-15-16(3)14-12-9-7-5-2;;/h2*16H,3-15H2,1-2H3;;1H. The Morgan fingerprint density at radius 1 is 0.364 bits per heavy atom. The minimum atomic E-state index is 0. The van der Waals surface area contributed by atoms with E-state index in [1.807, 2.05) is 0 Å². The smallest absolute Gasteiger partial charge is 0.101 e. The SMILES string of the molecule is CCCCCCCCC(CCCCCC)[CH2][Al][CH2]C(CCCCCC)CCCCCCCC.[HH]. The first-order valence-electron chi connectivity index (χ1n) is 16.1. The van der Waals surface area contributed by atoms with Gasteiger partial charge >= 0.3 is 0 Å². The molecule has 0 aliphatic rings. The monoisotopic (exact) mass is 480 g/mol. The summed E-state index contributed by atoms with van der Waals surface area (Å²) in [5, 5.41) is 3.23. The van der Waals surface area contributed by atoms with Crippen LogP contribution in [0.25, 0.3) is 0 Å². The first kappa shape index (κ1) is 33.5. The van der Waals surface area contributed by atoms with Crippen molar-refractivity contribution in [3.05, 3.63) is 0 Å². The Morgan fingerprint density at radius 2 is 0.606 bits per heavy atom. The molecule has 0 saturated carbocycles. The van der Waals surface area contributed by atoms with Crippen LogP contribution in [0.3, 0.4) is 0 Å². The Balaban J connectivity index is 0. The van der Waals surface area contributed by atoms with Gasteiger partial charge in [-0.1, -0.05) is 194 Å². The topological polar surface area (TPSA) is 0 Å². The first-order valence-corrected chi connectivity index (χ1v) is 17.7. The van der Waals surface area contributed by atoms with E-state index >= 15 is 0 Å². The predicted molar refractivity (Wildman–Crippen MR) is 158 cm³/mol. The molecular formula is C32H68Al. The van der Waals surface area contributed by atoms with Crippen LogP contribution >= 0.6 is 0 Å². The molecule has 0 aliphatic carbocycles. The van der Waals surface area contributed by atoms with Gasteiger partial charge in [0.25, 0.3) is 0 Å². The van der Waals surface area contributed by atoms with Gasteiger partial charge in [0.05, 0.1) is 0 Å². The van der Waals surface area contributed by atoms with Crippen molar-refractivity contribution in [1.82, 2.24) is 0 Å². The van der Waals surface area contributed by atoms with Crippen LogP contribution in [-0.2, 0) is 0 Å². The van der Waals surface area contributed by atoms with Crippen molar-refractivity contribution in [2.45, 2.75) is 192 Å². The molecule has 0 aromatic heterocycles. The molecule has 0 aliphatic heterocycles. The summed E-state index contributed by atoms with van der Waals surface area (Å²) in [5.41, 5.74) is 0. The molecule has 0 aromatic rings. The van der Waals surface area contributed by atoms with Crippen LogP contribution in [0.2, 0.25) is 10.6 Å². The lowest BCUT2D eigenvalue weighted by Crippen LogP contribution is -2.10. The molecule has 33 heavy (non-hydrogen) atoms. The van der Waals surface area contributed by atoms with Crippen LogP contribution in [0.4, 0.5) is 0 Å². The molecule has 0 spiro atoms. The Hall–Kier alpha value is 0.532. The predicted octanol–water partition coefficient (Wildman–Crippen LogP) is 12.4. The van der Waals surface area contributed by atoms with Crippen LogP contribution in [-0.4, -0.2) is 15.2 Å². The van der Waals surface area contributed by atoms with Gasteiger partial charge in [0.1, 0.15) is 0 Å². The molecule has 0 heterocycles. The van der Waals surface area contributed by atoms with E-state index in [1.54, 1.807) is 36.2 Å². The lowest BCUT2D eigenvalue weighted by atomic mass is 9.95. The van der Waals surface area contributed by atoms with Crippen molar-refractivity contribution < 1.29 is 1.43 Å². The van der Waals surface area contributed by atoms with Gasteiger partial charge in [-0.25, -0.2) is 0 Å². The zero-order valence-electron chi connectivity index (χ0n) is 24.1. The van der Waals surface area contributed by atoms with Gasteiger partial charge in [-0.15, -0.1) is 10.6 Å². The van der Waals surface area contributed by atoms with Gasteiger partial charge in [-0.3, -0.25) is 0 Å². The third kappa shape index (κ3) is 25.4. The van der Waals surface area contributed by atoms with Crippen molar-refractivity contribution in [2.24, 2.45) is 11.8 Å². The summed E-state index contributed by atoms with van der Waals surface area (Å²) in [4.78, 5) is 0. The lowest BCUT2D eigenvalue weighted by Gasteiger charge is -2.20. The zero-order chi connectivity index (χ0) is 24.2. The fourth-order valence-corrected chi connectivity index (χ4v) is 7.55. The molecule has 0 rings (SSSR count). The maximum absolute atomic E-state index is 2.35. The second-order valence-electron chi connectivity index (χ2n) is 11.3. The molecule has 0 aromatic carbocycles. The Morgan fingerprint density at radius 3 is 0.909 bits per heavy atom. The average molecular weight is 480 g/mol. The summed E-state index contributed by atoms with van der Waals surface area (Å²) in [6.07, 6.45) is 35.4. The summed E-state index contributed by atoms with van der Waals surface area (Å²) in [5.74, 6) is 2.13. The van der Waals surface area contributed by atoms with E-state index in [0.29, 0.717) is 15.2 Å². The number of hydrogen-bond donors (Lipinski definition) is 0. The Bertz CT molecular complexity index is 314. The molecule has 1 heteroatoms. The minimum Gasteiger partial charge on any atom is -0.101 e. The summed E-state index contributed by atoms with van der Waals surface area (Å²) in [7, 11) is 0. The number of unbranched alkanes of at least 4 members (excludes halogenated alkanes) is 16. The molecule has 0 fully saturated rings. The maximum atomic E-state index is 2.35. The third-order valence-electron chi connectivity index (χ3n) is 7.86. The maximum Gasteiger partial charge on any atom is 0.200 e. The zero-order valence-corrected chi connectivity index (χ0v) is 25.3. The van der Waals surface area contributed by atoms with E-state index in [1.165, 1.54) is 128 Å². The Kier molecular flexibility index (Phi) is 29.2. The summed E-state index contributed by atoms with van der Waals surface area (Å²) < 4.78 is 0. The molecule has 199 valence electrons. The number of hydrogen-bond acceptors (Lipinski definition) is 0. The van der Waals surface area contributed by atoms with Crippen molar-refractivity contribution >= 4 is 15.2 Å². The molecule has 0 nitrogen and oxygen atoms in total. The minimum absolute atomic E-state index is 0. The molecule has 0 N–H and O–H groups in total. The van der Waals surface area contributed by atoms with E-state index in [2.05, 4.69) is 27.7 Å². The first-order chi connectivity index (χ1) is 16.3. The summed E-state index contributed by atoms with van der Waals surface area (Å²) in [6.45, 7) is 9.36. The molecule has 0 saturated heterocycles. The van der Waals surface area contributed by atoms with E-state index < -0.39 is 0 Å². The van der Waals surface area contributed by atoms with Gasteiger partial charge < -0.3 is 0 Å². The average Bonchev–Trinajstić information content (AvgIpc) is 2.82. The molecule has 2 atom stereocenters. The highest BCUT2D eigenvalue weighted by molar-refractivity contribution is 6.35. The summed E-state index contributed by atoms with van der Waals surface area (Å²) >= 11 is 0.692. The van der Waals surface area contributed by atoms with Crippen molar-refractivity contribution in [2.75, 3.05) is 0 Å². The van der Waals surface area contributed by atoms with E-state index in [0.717, 1.165) is 11.8 Å². The molecule has 1 radical (unpaired) electrons. The second kappa shape index (κ2) is 28.8. The fourth-order valence-electron chi connectivity index (χ4n) is 5.47. The van der Waals surface area contributed by atoms with Crippen molar-refractivity contribution in [3.8, 4) is 0 Å². The van der Waals surface area contributed by atoms with Crippen LogP contribution in [0, 0.1) is 11.8 Å². The van der Waals surface area contributed by atoms with Gasteiger partial charge in [0.15, 0.2) is 0 Å². The fraction of sp³-hybridized carbons (Fsp3) is 1.00. The van der Waals surface area contributed by atoms with Crippen LogP contribution in [0.5, 0.6) is 0 Å². The van der Waals surface area contributed by atoms with Gasteiger partial charge in [0, 0.05) is 1.43 Å². The highest BCUT2D eigenvalue weighted by Gasteiger charge is 2.13. The third-order valence-corrected chi connectivity index (χ3v) is 9.86. The summed E-state index contributed by atoms with van der Waals surface area (Å²) in [6, 6.07) is 0. The van der Waals surface area contributed by atoms with Crippen LogP contribution < -0.4 is 0 Å². The quantitative estimate of drug-likeness (QED) is 0.0772. The van der Waals surface area contributed by atoms with Gasteiger partial charge in [-0.2, -0.15) is 0 Å². The molecule has 2 unspecified atom stereocenters. The second-order valence-corrected chi connectivity index (χ2v) is 12.8. The van der Waals surface area contributed by atoms with Crippen molar-refractivity contribution in [3.63, 3.8) is 0 Å². The van der Waals surface area contributed by atoms with Crippen molar-refractivity contribution in [1.29, 1.82) is 0 Å². The molecular weight excluding hydrogens is 411 g/mol. The van der Waals surface area contributed by atoms with Crippen LogP contribution in [0.1, 0.15) is 183 Å². The van der Waals surface area contributed by atoms with E-state index in [9.17, 15) is 0 Å². The van der Waals surface area contributed by atoms with Gasteiger partial charge in [0.2, 0.25) is 15.2 Å². The lowest BCUT2D eigenvalue weighted by molar-refractivity contribution is 0.421. The van der Waals surface area contributed by atoms with E-state index in [4.69, 9.17) is 0 Å². The Labute approximate surface area is 220 Å². The van der Waals surface area contributed by atoms with E-state index in [-0.39, 0.29) is 1.43 Å². The highest BCUT2D eigenvalue weighted by atomic mass is 27.1. The highest BCUT2D eigenvalue weighted by Crippen LogP contribution is 2.26. The number of rotatable bonds is 28. The normalized spacial score (nSPS) is 13.3. The van der Waals surface area contributed by atoms with Gasteiger partial charge in [-0.05, 0) is 0 Å².